The predicted molar refractivity (Wildman–Crippen MR) is 80.8 cm³/mol. The molecule has 3 heteroatoms. The lowest BCUT2D eigenvalue weighted by molar-refractivity contribution is 0.607. The van der Waals surface area contributed by atoms with E-state index >= 15 is 0 Å². The van der Waals surface area contributed by atoms with Gasteiger partial charge in [0.25, 0.3) is 0 Å². The molecule has 2 heterocycles. The Balaban J connectivity index is 1.87. The molecule has 3 rings (SSSR count). The summed E-state index contributed by atoms with van der Waals surface area (Å²) in [6.07, 6.45) is 5.12. The number of fused-ring (bicyclic) bond motifs is 1. The van der Waals surface area contributed by atoms with Crippen molar-refractivity contribution in [3.8, 4) is 0 Å². The van der Waals surface area contributed by atoms with Crippen molar-refractivity contribution in [1.82, 2.24) is 5.32 Å². The third-order valence-corrected chi connectivity index (χ3v) is 5.53. The van der Waals surface area contributed by atoms with Crippen molar-refractivity contribution < 1.29 is 0 Å². The fourth-order valence-electron chi connectivity index (χ4n) is 2.60. The normalized spacial score (nSPS) is 15.8. The van der Waals surface area contributed by atoms with Gasteiger partial charge in [-0.1, -0.05) is 6.92 Å². The van der Waals surface area contributed by atoms with Crippen molar-refractivity contribution in [3.63, 3.8) is 0 Å². The molecule has 0 aromatic carbocycles. The van der Waals surface area contributed by atoms with Gasteiger partial charge in [0.05, 0.1) is 6.04 Å². The monoisotopic (exact) mass is 277 g/mol. The number of hydrogen-bond donors (Lipinski definition) is 1. The van der Waals surface area contributed by atoms with E-state index in [2.05, 4.69) is 35.1 Å². The summed E-state index contributed by atoms with van der Waals surface area (Å²) in [5.41, 5.74) is 3.03. The van der Waals surface area contributed by atoms with Crippen LogP contribution in [0.5, 0.6) is 0 Å². The Morgan fingerprint density at radius 2 is 2.33 bits per heavy atom. The van der Waals surface area contributed by atoms with Crippen LogP contribution in [0.2, 0.25) is 0 Å². The Kier molecular flexibility index (Phi) is 3.83. The molecule has 96 valence electrons. The SMILES string of the molecule is CCCNC(c1ccsc1)c1cc2c(s1)CCC2. The lowest BCUT2D eigenvalue weighted by Crippen LogP contribution is -2.21. The second kappa shape index (κ2) is 5.55. The van der Waals surface area contributed by atoms with Gasteiger partial charge < -0.3 is 5.32 Å². The van der Waals surface area contributed by atoms with Crippen molar-refractivity contribution in [2.45, 2.75) is 38.6 Å². The van der Waals surface area contributed by atoms with E-state index in [1.54, 1.807) is 21.8 Å². The van der Waals surface area contributed by atoms with Crippen molar-refractivity contribution in [2.24, 2.45) is 0 Å². The lowest BCUT2D eigenvalue weighted by atomic mass is 10.1. The summed E-state index contributed by atoms with van der Waals surface area (Å²) in [6.45, 7) is 3.31. The van der Waals surface area contributed by atoms with Gasteiger partial charge in [-0.2, -0.15) is 11.3 Å². The summed E-state index contributed by atoms with van der Waals surface area (Å²) < 4.78 is 0. The van der Waals surface area contributed by atoms with E-state index in [9.17, 15) is 0 Å². The van der Waals surface area contributed by atoms with Crippen molar-refractivity contribution in [1.29, 1.82) is 0 Å². The molecule has 0 saturated carbocycles. The van der Waals surface area contributed by atoms with Crippen LogP contribution in [0.3, 0.4) is 0 Å². The van der Waals surface area contributed by atoms with Crippen molar-refractivity contribution in [2.75, 3.05) is 6.54 Å². The highest BCUT2D eigenvalue weighted by molar-refractivity contribution is 7.12. The minimum absolute atomic E-state index is 0.409. The van der Waals surface area contributed by atoms with E-state index in [-0.39, 0.29) is 0 Å². The van der Waals surface area contributed by atoms with Crippen LogP contribution < -0.4 is 5.32 Å². The van der Waals surface area contributed by atoms with Crippen LogP contribution in [0.15, 0.2) is 22.9 Å². The molecule has 1 aliphatic carbocycles. The molecule has 0 spiro atoms. The molecule has 1 nitrogen and oxygen atoms in total. The smallest absolute Gasteiger partial charge is 0.0679 e. The first-order chi connectivity index (χ1) is 8.88. The number of rotatable bonds is 5. The lowest BCUT2D eigenvalue weighted by Gasteiger charge is -2.16. The molecule has 2 aromatic heterocycles. The molecule has 0 saturated heterocycles. The quantitative estimate of drug-likeness (QED) is 0.855. The largest absolute Gasteiger partial charge is 0.306 e. The zero-order chi connectivity index (χ0) is 12.4. The van der Waals surface area contributed by atoms with E-state index in [0.29, 0.717) is 6.04 Å². The van der Waals surface area contributed by atoms with E-state index < -0.39 is 0 Å². The van der Waals surface area contributed by atoms with E-state index in [0.717, 1.165) is 6.54 Å². The third kappa shape index (κ3) is 2.40. The molecule has 1 N–H and O–H groups in total. The molecular formula is C15H19NS2. The molecule has 1 atom stereocenters. The molecule has 0 amide bonds. The minimum Gasteiger partial charge on any atom is -0.306 e. The summed E-state index contributed by atoms with van der Waals surface area (Å²) in [5.74, 6) is 0. The Morgan fingerprint density at radius 3 is 3.06 bits per heavy atom. The fourth-order valence-corrected chi connectivity index (χ4v) is 4.65. The zero-order valence-electron chi connectivity index (χ0n) is 10.7. The van der Waals surface area contributed by atoms with Gasteiger partial charge in [0.15, 0.2) is 0 Å². The molecule has 2 aromatic rings. The number of thiophene rings is 2. The Morgan fingerprint density at radius 1 is 1.39 bits per heavy atom. The third-order valence-electron chi connectivity index (χ3n) is 3.53. The highest BCUT2D eigenvalue weighted by Crippen LogP contribution is 2.36. The van der Waals surface area contributed by atoms with E-state index in [4.69, 9.17) is 0 Å². The first-order valence-corrected chi connectivity index (χ1v) is 8.51. The van der Waals surface area contributed by atoms with Gasteiger partial charge in [0.1, 0.15) is 0 Å². The average molecular weight is 277 g/mol. The van der Waals surface area contributed by atoms with Gasteiger partial charge in [-0.25, -0.2) is 0 Å². The number of nitrogens with one attached hydrogen (secondary N) is 1. The van der Waals surface area contributed by atoms with E-state index in [1.807, 2.05) is 11.3 Å². The van der Waals surface area contributed by atoms with Crippen molar-refractivity contribution in [3.05, 3.63) is 43.8 Å². The Labute approximate surface area is 117 Å². The Bertz CT molecular complexity index is 477. The van der Waals surface area contributed by atoms with Crippen LogP contribution >= 0.6 is 22.7 Å². The van der Waals surface area contributed by atoms with Crippen LogP contribution in [0, 0.1) is 0 Å². The molecule has 0 bridgehead atoms. The summed E-state index contributed by atoms with van der Waals surface area (Å²) in [6, 6.07) is 5.10. The average Bonchev–Trinajstić information content (AvgIpc) is 3.05. The highest BCUT2D eigenvalue weighted by Gasteiger charge is 2.21. The van der Waals surface area contributed by atoms with Crippen LogP contribution in [0.4, 0.5) is 0 Å². The van der Waals surface area contributed by atoms with Gasteiger partial charge >= 0.3 is 0 Å². The van der Waals surface area contributed by atoms with Crippen molar-refractivity contribution >= 4 is 22.7 Å². The molecule has 1 unspecified atom stereocenters. The van der Waals surface area contributed by atoms with Crippen LogP contribution in [0.1, 0.15) is 46.7 Å². The van der Waals surface area contributed by atoms with Gasteiger partial charge in [-0.05, 0) is 66.2 Å². The molecule has 0 aliphatic heterocycles. The number of hydrogen-bond acceptors (Lipinski definition) is 3. The van der Waals surface area contributed by atoms with Gasteiger partial charge in [-0.3, -0.25) is 0 Å². The first kappa shape index (κ1) is 12.4. The molecule has 18 heavy (non-hydrogen) atoms. The summed E-state index contributed by atoms with van der Waals surface area (Å²) >= 11 is 3.81. The minimum atomic E-state index is 0.409. The summed E-state index contributed by atoms with van der Waals surface area (Å²) in [7, 11) is 0. The highest BCUT2D eigenvalue weighted by atomic mass is 32.1. The Hall–Kier alpha value is -0.640. The topological polar surface area (TPSA) is 12.0 Å². The van der Waals surface area contributed by atoms with E-state index in [1.165, 1.54) is 36.1 Å². The molecular weight excluding hydrogens is 258 g/mol. The second-order valence-electron chi connectivity index (χ2n) is 4.89. The molecule has 0 fully saturated rings. The van der Waals surface area contributed by atoms with Gasteiger partial charge in [0.2, 0.25) is 0 Å². The van der Waals surface area contributed by atoms with Crippen LogP contribution in [-0.2, 0) is 12.8 Å². The first-order valence-electron chi connectivity index (χ1n) is 6.75. The zero-order valence-corrected chi connectivity index (χ0v) is 12.4. The summed E-state index contributed by atoms with van der Waals surface area (Å²) in [5, 5.41) is 8.15. The number of aryl methyl sites for hydroxylation is 2. The predicted octanol–water partition coefficient (Wildman–Crippen LogP) is 4.39. The standard InChI is InChI=1S/C15H19NS2/c1-2-7-16-15(12-6-8-17-10-12)14-9-11-4-3-5-13(11)18-14/h6,8-10,15-16H,2-5,7H2,1H3. The van der Waals surface area contributed by atoms with Gasteiger partial charge in [-0.15, -0.1) is 11.3 Å². The molecule has 1 aliphatic rings. The molecule has 0 radical (unpaired) electrons. The van der Waals surface area contributed by atoms with Gasteiger partial charge in [0, 0.05) is 9.75 Å². The summed E-state index contributed by atoms with van der Waals surface area (Å²) in [4.78, 5) is 3.13. The maximum absolute atomic E-state index is 3.69. The van der Waals surface area contributed by atoms with Crippen LogP contribution in [0.25, 0.3) is 0 Å². The second-order valence-corrected chi connectivity index (χ2v) is 6.84. The van der Waals surface area contributed by atoms with Crippen LogP contribution in [-0.4, -0.2) is 6.54 Å². The maximum Gasteiger partial charge on any atom is 0.0679 e. The maximum atomic E-state index is 3.69. The fraction of sp³-hybridized carbons (Fsp3) is 0.467.